The van der Waals surface area contributed by atoms with Crippen LogP contribution >= 0.6 is 11.8 Å². The lowest BCUT2D eigenvalue weighted by atomic mass is 10.1. The number of anilines is 2. The van der Waals surface area contributed by atoms with E-state index in [9.17, 15) is 0 Å². The maximum absolute atomic E-state index is 6.01. The summed E-state index contributed by atoms with van der Waals surface area (Å²) in [5.74, 6) is 1.76. The molecule has 3 aromatic rings. The molecule has 9 nitrogen and oxygen atoms in total. The molecule has 0 unspecified atom stereocenters. The van der Waals surface area contributed by atoms with Gasteiger partial charge in [-0.05, 0) is 47.9 Å². The van der Waals surface area contributed by atoms with Gasteiger partial charge >= 0.3 is 0 Å². The van der Waals surface area contributed by atoms with Crippen LogP contribution in [0.4, 0.5) is 11.4 Å². The molecule has 3 heterocycles. The van der Waals surface area contributed by atoms with Crippen molar-refractivity contribution in [3.63, 3.8) is 0 Å². The van der Waals surface area contributed by atoms with Gasteiger partial charge in [-0.2, -0.15) is 0 Å². The third-order valence-electron chi connectivity index (χ3n) is 8.55. The molecule has 0 saturated heterocycles. The van der Waals surface area contributed by atoms with E-state index in [2.05, 4.69) is 70.0 Å². The molecule has 3 aromatic carbocycles. The molecule has 0 fully saturated rings. The van der Waals surface area contributed by atoms with Gasteiger partial charge in [0, 0.05) is 54.2 Å². The lowest BCUT2D eigenvalue weighted by molar-refractivity contribution is -0.0732. The van der Waals surface area contributed by atoms with E-state index in [4.69, 9.17) is 28.4 Å². The molecule has 6 rings (SSSR count). The molecule has 3 aliphatic heterocycles. The van der Waals surface area contributed by atoms with Gasteiger partial charge in [0.1, 0.15) is 18.3 Å². The summed E-state index contributed by atoms with van der Waals surface area (Å²) in [6.07, 6.45) is 8.27. The molecule has 0 atom stereocenters. The molecule has 0 saturated carbocycles. The Hall–Kier alpha value is -3.25. The number of methoxy groups -OCH3 is 3. The molecule has 48 heavy (non-hydrogen) atoms. The van der Waals surface area contributed by atoms with Crippen molar-refractivity contribution in [3.8, 4) is 11.5 Å². The molecule has 0 aromatic heterocycles. The quantitative estimate of drug-likeness (QED) is 0.110. The maximum Gasteiger partial charge on any atom is 0.188 e. The lowest BCUT2D eigenvalue weighted by Crippen LogP contribution is -2.25. The number of benzene rings is 3. The highest BCUT2D eigenvalue weighted by molar-refractivity contribution is 7.99. The van der Waals surface area contributed by atoms with Crippen molar-refractivity contribution in [2.24, 2.45) is 0 Å². The van der Waals surface area contributed by atoms with E-state index in [0.717, 1.165) is 49.7 Å². The van der Waals surface area contributed by atoms with Crippen molar-refractivity contribution < 1.29 is 33.2 Å². The number of fused-ring (bicyclic) bond motifs is 3. The highest BCUT2D eigenvalue weighted by Crippen LogP contribution is 2.54. The van der Waals surface area contributed by atoms with Crippen LogP contribution < -0.4 is 14.4 Å². The highest BCUT2D eigenvalue weighted by Gasteiger charge is 2.31. The Morgan fingerprint density at radius 2 is 1.50 bits per heavy atom. The van der Waals surface area contributed by atoms with E-state index in [1.807, 2.05) is 17.8 Å². The zero-order valence-electron chi connectivity index (χ0n) is 28.8. The molecule has 0 bridgehead atoms. The zero-order chi connectivity index (χ0) is 33.6. The smallest absolute Gasteiger partial charge is 0.188 e. The number of hydrogen-bond acceptors (Lipinski definition) is 10. The van der Waals surface area contributed by atoms with Crippen LogP contribution in [-0.2, 0) is 49.9 Å². The molecule has 0 radical (unpaired) electrons. The molecule has 3 aliphatic rings. The number of ether oxygens (including phenoxy) is 7. The monoisotopic (exact) mass is 678 g/mol. The van der Waals surface area contributed by atoms with Gasteiger partial charge in [-0.25, -0.2) is 0 Å². The summed E-state index contributed by atoms with van der Waals surface area (Å²) in [5.41, 5.74) is 7.55. The first kappa shape index (κ1) is 36.0. The van der Waals surface area contributed by atoms with Gasteiger partial charge in [0.15, 0.2) is 6.79 Å². The average molecular weight is 679 g/mol. The Morgan fingerprint density at radius 3 is 2.08 bits per heavy atom. The van der Waals surface area contributed by atoms with Gasteiger partial charge in [-0.1, -0.05) is 62.2 Å². The SMILES string of the molecule is C1=COCOC1.CCCCCCN1c2ccc(OC)c(COCOCCOC)c2Sc2c1ccc(OC)c2CN1Cc2ccccc2C1. The van der Waals surface area contributed by atoms with Crippen LogP contribution in [0.1, 0.15) is 54.9 Å². The van der Waals surface area contributed by atoms with Crippen molar-refractivity contribution in [2.45, 2.75) is 68.6 Å². The normalized spacial score (nSPS) is 14.8. The molecular formula is C38H50N2O7S. The summed E-state index contributed by atoms with van der Waals surface area (Å²) in [7, 11) is 5.17. The first-order valence-corrected chi connectivity index (χ1v) is 17.6. The standard InChI is InChI=1S/C34H44N2O5S.C4H6O2/c1-5-6-7-10-17-36-29-13-15-31(38-3)27(22-35-20-25-11-8-9-12-26(25)21-35)33(29)42-34-28(23-41-24-40-19-18-37-2)32(39-4)16-14-30(34)36;1-2-5-4-6-3-1/h8-9,11-16H,5-7,10,17-24H2,1-4H3;1-2H,3-4H2. The van der Waals surface area contributed by atoms with Crippen molar-refractivity contribution >= 4 is 23.1 Å². The summed E-state index contributed by atoms with van der Waals surface area (Å²) in [5, 5.41) is 0. The first-order chi connectivity index (χ1) is 23.7. The first-order valence-electron chi connectivity index (χ1n) is 16.8. The van der Waals surface area contributed by atoms with Crippen LogP contribution in [0, 0.1) is 0 Å². The summed E-state index contributed by atoms with van der Waals surface area (Å²) < 4.78 is 38.0. The van der Waals surface area contributed by atoms with E-state index in [1.54, 1.807) is 27.6 Å². The number of hydrogen-bond donors (Lipinski definition) is 0. The maximum atomic E-state index is 6.01. The van der Waals surface area contributed by atoms with Gasteiger partial charge in [0.05, 0.1) is 58.3 Å². The highest BCUT2D eigenvalue weighted by atomic mass is 32.2. The third-order valence-corrected chi connectivity index (χ3v) is 9.86. The van der Waals surface area contributed by atoms with Crippen LogP contribution in [0.3, 0.4) is 0 Å². The van der Waals surface area contributed by atoms with Crippen LogP contribution in [-0.4, -0.2) is 66.2 Å². The second-order valence-corrected chi connectivity index (χ2v) is 12.8. The van der Waals surface area contributed by atoms with Gasteiger partial charge in [-0.3, -0.25) is 4.90 Å². The molecule has 260 valence electrons. The minimum atomic E-state index is 0.201. The number of nitrogens with zero attached hydrogens (tertiary/aromatic N) is 2. The van der Waals surface area contributed by atoms with Gasteiger partial charge < -0.3 is 38.1 Å². The molecule has 10 heteroatoms. The van der Waals surface area contributed by atoms with Crippen molar-refractivity contribution in [1.29, 1.82) is 0 Å². The molecule has 0 N–H and O–H groups in total. The van der Waals surface area contributed by atoms with E-state index >= 15 is 0 Å². The minimum absolute atomic E-state index is 0.201. The van der Waals surface area contributed by atoms with E-state index < -0.39 is 0 Å². The van der Waals surface area contributed by atoms with Gasteiger partial charge in [0.25, 0.3) is 0 Å². The fourth-order valence-electron chi connectivity index (χ4n) is 6.14. The van der Waals surface area contributed by atoms with Gasteiger partial charge in [-0.15, -0.1) is 0 Å². The van der Waals surface area contributed by atoms with Gasteiger partial charge in [0.2, 0.25) is 0 Å². The zero-order valence-corrected chi connectivity index (χ0v) is 29.6. The molecule has 0 spiro atoms. The summed E-state index contributed by atoms with van der Waals surface area (Å²) in [4.78, 5) is 7.43. The van der Waals surface area contributed by atoms with Crippen LogP contribution in [0.2, 0.25) is 0 Å². The Balaban J connectivity index is 0.000000677. The Morgan fingerprint density at radius 1 is 0.792 bits per heavy atom. The van der Waals surface area contributed by atoms with Crippen LogP contribution in [0.5, 0.6) is 11.5 Å². The topological polar surface area (TPSA) is 71.1 Å². The van der Waals surface area contributed by atoms with Crippen LogP contribution in [0.25, 0.3) is 0 Å². The lowest BCUT2D eigenvalue weighted by Gasteiger charge is -2.36. The summed E-state index contributed by atoms with van der Waals surface area (Å²) in [6, 6.07) is 17.4. The largest absolute Gasteiger partial charge is 0.496 e. The van der Waals surface area contributed by atoms with Crippen molar-refractivity contribution in [3.05, 3.63) is 83.1 Å². The minimum Gasteiger partial charge on any atom is -0.496 e. The van der Waals surface area contributed by atoms with E-state index in [-0.39, 0.29) is 6.79 Å². The summed E-state index contributed by atoms with van der Waals surface area (Å²) in [6.45, 7) is 8.66. The number of rotatable bonds is 16. The van der Waals surface area contributed by atoms with E-state index in [0.29, 0.717) is 33.2 Å². The second kappa shape index (κ2) is 19.1. The van der Waals surface area contributed by atoms with Crippen molar-refractivity contribution in [1.82, 2.24) is 4.90 Å². The Labute approximate surface area is 290 Å². The predicted octanol–water partition coefficient (Wildman–Crippen LogP) is 8.04. The number of unbranched alkanes of at least 4 members (excludes halogenated alkanes) is 3. The van der Waals surface area contributed by atoms with Crippen molar-refractivity contribution in [2.75, 3.05) is 66.2 Å². The molecular weight excluding hydrogens is 628 g/mol. The Bertz CT molecular complexity index is 1450. The fraction of sp³-hybridized carbons (Fsp3) is 0.474. The third kappa shape index (κ3) is 9.25. The Kier molecular flexibility index (Phi) is 14.3. The molecule has 0 aliphatic carbocycles. The predicted molar refractivity (Wildman–Crippen MR) is 189 cm³/mol. The fourth-order valence-corrected chi connectivity index (χ4v) is 7.48. The molecule has 0 amide bonds. The second-order valence-electron chi connectivity index (χ2n) is 11.8. The van der Waals surface area contributed by atoms with E-state index in [1.165, 1.54) is 57.1 Å². The van der Waals surface area contributed by atoms with Crippen LogP contribution in [0.15, 0.2) is 70.7 Å². The average Bonchev–Trinajstić information content (AvgIpc) is 3.55. The summed E-state index contributed by atoms with van der Waals surface area (Å²) >= 11 is 1.81.